The lowest BCUT2D eigenvalue weighted by atomic mass is 9.85. The largest absolute Gasteiger partial charge is 0.338 e. The Bertz CT molecular complexity index is 417. The van der Waals surface area contributed by atoms with Gasteiger partial charge in [-0.05, 0) is 36.6 Å². The Kier molecular flexibility index (Phi) is 3.39. The topological polar surface area (TPSA) is 46.3 Å². The summed E-state index contributed by atoms with van der Waals surface area (Å²) in [4.78, 5) is 15.6. The van der Waals surface area contributed by atoms with E-state index in [-0.39, 0.29) is 5.91 Å². The number of carbonyl (C=O) groups excluding carboxylic acids is 1. The fourth-order valence-corrected chi connectivity index (χ4v) is 4.17. The van der Waals surface area contributed by atoms with Gasteiger partial charge in [-0.15, -0.1) is 11.3 Å². The van der Waals surface area contributed by atoms with Gasteiger partial charge in [0.15, 0.2) is 0 Å². The van der Waals surface area contributed by atoms with Crippen molar-refractivity contribution in [1.82, 2.24) is 4.90 Å². The first-order valence-electron chi connectivity index (χ1n) is 6.87. The summed E-state index contributed by atoms with van der Waals surface area (Å²) in [5.74, 6) is 0.866. The van der Waals surface area contributed by atoms with E-state index in [1.807, 2.05) is 17.5 Å². The van der Waals surface area contributed by atoms with E-state index in [9.17, 15) is 4.79 Å². The molecule has 3 unspecified atom stereocenters. The predicted molar refractivity (Wildman–Crippen MR) is 73.3 cm³/mol. The van der Waals surface area contributed by atoms with Gasteiger partial charge < -0.3 is 10.6 Å². The van der Waals surface area contributed by atoms with Crippen LogP contribution >= 0.6 is 11.3 Å². The minimum Gasteiger partial charge on any atom is -0.338 e. The fraction of sp³-hybridized carbons (Fsp3) is 0.643. The third-order valence-corrected chi connectivity index (χ3v) is 5.36. The second kappa shape index (κ2) is 5.02. The Hall–Kier alpha value is -0.870. The number of hydrogen-bond donors (Lipinski definition) is 1. The van der Waals surface area contributed by atoms with Crippen LogP contribution in [-0.2, 0) is 4.79 Å². The summed E-state index contributed by atoms with van der Waals surface area (Å²) in [6.07, 6.45) is 6.24. The Balaban J connectivity index is 1.73. The van der Waals surface area contributed by atoms with Crippen molar-refractivity contribution in [1.29, 1.82) is 0 Å². The zero-order valence-electron chi connectivity index (χ0n) is 10.5. The molecular weight excluding hydrogens is 244 g/mol. The van der Waals surface area contributed by atoms with Crippen LogP contribution in [0, 0.1) is 5.92 Å². The number of nitrogens with zero attached hydrogens (tertiary/aromatic N) is 1. The zero-order chi connectivity index (χ0) is 12.5. The van der Waals surface area contributed by atoms with Gasteiger partial charge in [-0.3, -0.25) is 4.79 Å². The van der Waals surface area contributed by atoms with E-state index in [0.29, 0.717) is 6.04 Å². The summed E-state index contributed by atoms with van der Waals surface area (Å²) in [7, 11) is 0. The van der Waals surface area contributed by atoms with Crippen LogP contribution in [-0.4, -0.2) is 23.4 Å². The summed E-state index contributed by atoms with van der Waals surface area (Å²) in [5, 5.41) is 1.98. The highest BCUT2D eigenvalue weighted by Gasteiger charge is 2.39. The maximum Gasteiger partial charge on any atom is 0.245 e. The lowest BCUT2D eigenvalue weighted by Gasteiger charge is -2.32. The molecule has 0 bridgehead atoms. The average molecular weight is 264 g/mol. The molecule has 18 heavy (non-hydrogen) atoms. The van der Waals surface area contributed by atoms with E-state index in [1.54, 1.807) is 11.3 Å². The molecule has 2 heterocycles. The normalized spacial score (nSPS) is 29.1. The second-order valence-corrected chi connectivity index (χ2v) is 6.40. The quantitative estimate of drug-likeness (QED) is 0.892. The molecule has 2 fully saturated rings. The maximum absolute atomic E-state index is 12.5. The van der Waals surface area contributed by atoms with Crippen molar-refractivity contribution in [3.8, 4) is 0 Å². The van der Waals surface area contributed by atoms with Crippen LogP contribution < -0.4 is 5.73 Å². The fourth-order valence-electron chi connectivity index (χ4n) is 3.45. The van der Waals surface area contributed by atoms with Crippen LogP contribution in [0.5, 0.6) is 0 Å². The molecule has 98 valence electrons. The van der Waals surface area contributed by atoms with Gasteiger partial charge in [0.25, 0.3) is 0 Å². The number of likely N-dealkylation sites (tertiary alicyclic amines) is 1. The van der Waals surface area contributed by atoms with Gasteiger partial charge in [0, 0.05) is 17.5 Å². The van der Waals surface area contributed by atoms with E-state index in [2.05, 4.69) is 4.90 Å². The molecule has 3 nitrogen and oxygen atoms in total. The van der Waals surface area contributed by atoms with Crippen molar-refractivity contribution < 1.29 is 4.79 Å². The van der Waals surface area contributed by atoms with E-state index in [0.717, 1.165) is 17.3 Å². The van der Waals surface area contributed by atoms with Crippen molar-refractivity contribution in [2.45, 2.75) is 44.2 Å². The van der Waals surface area contributed by atoms with Gasteiger partial charge in [0.1, 0.15) is 6.04 Å². The first-order chi connectivity index (χ1) is 8.77. The number of rotatable bonds is 2. The number of hydrogen-bond acceptors (Lipinski definition) is 3. The predicted octanol–water partition coefficient (Wildman–Crippen LogP) is 2.54. The molecule has 1 aliphatic carbocycles. The van der Waals surface area contributed by atoms with Crippen molar-refractivity contribution in [2.24, 2.45) is 11.7 Å². The van der Waals surface area contributed by atoms with Crippen LogP contribution in [0.2, 0.25) is 0 Å². The second-order valence-electron chi connectivity index (χ2n) is 5.43. The van der Waals surface area contributed by atoms with Gasteiger partial charge in [0.05, 0.1) is 0 Å². The van der Waals surface area contributed by atoms with Crippen LogP contribution in [0.25, 0.3) is 0 Å². The van der Waals surface area contributed by atoms with Crippen LogP contribution in [0.3, 0.4) is 0 Å². The summed E-state index contributed by atoms with van der Waals surface area (Å²) >= 11 is 1.58. The molecule has 3 atom stereocenters. The van der Waals surface area contributed by atoms with Crippen molar-refractivity contribution in [3.63, 3.8) is 0 Å². The Morgan fingerprint density at radius 1 is 1.39 bits per heavy atom. The van der Waals surface area contributed by atoms with Gasteiger partial charge in [-0.2, -0.15) is 0 Å². The number of thiophene rings is 1. The Labute approximate surface area is 112 Å². The summed E-state index contributed by atoms with van der Waals surface area (Å²) in [6, 6.07) is 3.94. The first-order valence-corrected chi connectivity index (χ1v) is 7.75. The van der Waals surface area contributed by atoms with Crippen LogP contribution in [0.4, 0.5) is 0 Å². The Morgan fingerprint density at radius 3 is 3.00 bits per heavy atom. The minimum atomic E-state index is -0.453. The van der Waals surface area contributed by atoms with E-state index in [1.165, 1.54) is 32.1 Å². The van der Waals surface area contributed by atoms with Crippen molar-refractivity contribution in [2.75, 3.05) is 6.54 Å². The number of fused-ring (bicyclic) bond motifs is 1. The molecule has 4 heteroatoms. The lowest BCUT2D eigenvalue weighted by molar-refractivity contribution is -0.134. The van der Waals surface area contributed by atoms with Gasteiger partial charge in [0.2, 0.25) is 5.91 Å². The molecule has 1 aromatic heterocycles. The van der Waals surface area contributed by atoms with Gasteiger partial charge >= 0.3 is 0 Å². The number of nitrogens with two attached hydrogens (primary N) is 1. The highest BCUT2D eigenvalue weighted by Crippen LogP contribution is 2.37. The summed E-state index contributed by atoms with van der Waals surface area (Å²) in [6.45, 7) is 0.910. The molecule has 3 rings (SSSR count). The molecule has 1 aliphatic heterocycles. The average Bonchev–Trinajstić information content (AvgIpc) is 3.06. The van der Waals surface area contributed by atoms with E-state index in [4.69, 9.17) is 5.73 Å². The molecule has 0 radical (unpaired) electrons. The molecule has 1 amide bonds. The standard InChI is InChI=1S/C14H20N2OS/c15-13(12-6-3-9-18-12)14(17)16-8-7-10-4-1-2-5-11(10)16/h3,6,9-11,13H,1-2,4-5,7-8,15H2. The van der Waals surface area contributed by atoms with E-state index < -0.39 is 6.04 Å². The molecule has 2 aliphatic rings. The zero-order valence-corrected chi connectivity index (χ0v) is 11.4. The molecule has 2 N–H and O–H groups in total. The molecular formula is C14H20N2OS. The number of carbonyl (C=O) groups is 1. The minimum absolute atomic E-state index is 0.131. The third-order valence-electron chi connectivity index (χ3n) is 4.41. The highest BCUT2D eigenvalue weighted by molar-refractivity contribution is 7.10. The lowest BCUT2D eigenvalue weighted by Crippen LogP contribution is -2.43. The first kappa shape index (κ1) is 12.2. The number of amides is 1. The van der Waals surface area contributed by atoms with Crippen molar-refractivity contribution >= 4 is 17.2 Å². The smallest absolute Gasteiger partial charge is 0.245 e. The molecule has 0 aromatic carbocycles. The molecule has 1 aromatic rings. The summed E-state index contributed by atoms with van der Waals surface area (Å²) in [5.41, 5.74) is 6.10. The molecule has 0 spiro atoms. The van der Waals surface area contributed by atoms with Gasteiger partial charge in [-0.25, -0.2) is 0 Å². The Morgan fingerprint density at radius 2 is 2.22 bits per heavy atom. The summed E-state index contributed by atoms with van der Waals surface area (Å²) < 4.78 is 0. The maximum atomic E-state index is 12.5. The van der Waals surface area contributed by atoms with Crippen molar-refractivity contribution in [3.05, 3.63) is 22.4 Å². The monoisotopic (exact) mass is 264 g/mol. The highest BCUT2D eigenvalue weighted by atomic mass is 32.1. The van der Waals surface area contributed by atoms with Crippen LogP contribution in [0.1, 0.15) is 43.0 Å². The van der Waals surface area contributed by atoms with E-state index >= 15 is 0 Å². The molecule has 1 saturated carbocycles. The SMILES string of the molecule is NC(C(=O)N1CCC2CCCCC21)c1cccs1. The third kappa shape index (κ3) is 2.08. The van der Waals surface area contributed by atoms with Crippen LogP contribution in [0.15, 0.2) is 17.5 Å². The van der Waals surface area contributed by atoms with Gasteiger partial charge in [-0.1, -0.05) is 18.9 Å². The molecule has 1 saturated heterocycles.